The summed E-state index contributed by atoms with van der Waals surface area (Å²) in [7, 11) is 5.36. The van der Waals surface area contributed by atoms with E-state index in [1.807, 2.05) is 62.6 Å². The third kappa shape index (κ3) is 4.14. The van der Waals surface area contributed by atoms with E-state index in [1.165, 1.54) is 0 Å². The predicted molar refractivity (Wildman–Crippen MR) is 87.0 cm³/mol. The summed E-state index contributed by atoms with van der Waals surface area (Å²) in [6, 6.07) is 15.7. The Kier molecular flexibility index (Phi) is 6.33. The van der Waals surface area contributed by atoms with Crippen molar-refractivity contribution in [1.29, 1.82) is 0 Å². The number of nitrogens with two attached hydrogens (primary N) is 1. The summed E-state index contributed by atoms with van der Waals surface area (Å²) in [5.74, 6) is 0.689. The molecule has 20 heavy (non-hydrogen) atoms. The van der Waals surface area contributed by atoms with Crippen LogP contribution < -0.4 is 15.8 Å². The van der Waals surface area contributed by atoms with Crippen LogP contribution >= 0.6 is 0 Å². The lowest BCUT2D eigenvalue weighted by atomic mass is 9.99. The molecular formula is C17H22N2O. The van der Waals surface area contributed by atoms with E-state index >= 15 is 0 Å². The highest BCUT2D eigenvalue weighted by molar-refractivity contribution is 5.80. The molecule has 0 unspecified atom stereocenters. The molecule has 106 valence electrons. The third-order valence-corrected chi connectivity index (χ3v) is 2.70. The van der Waals surface area contributed by atoms with Crippen LogP contribution in [0.25, 0.3) is 5.57 Å². The van der Waals surface area contributed by atoms with Crippen molar-refractivity contribution in [3.8, 4) is 5.75 Å². The molecule has 3 nitrogen and oxygen atoms in total. The van der Waals surface area contributed by atoms with E-state index in [0.29, 0.717) is 11.4 Å². The molecule has 0 saturated carbocycles. The smallest absolute Gasteiger partial charge is 0.141 e. The van der Waals surface area contributed by atoms with Crippen LogP contribution in [0.2, 0.25) is 0 Å². The number of anilines is 1. The average molecular weight is 270 g/mol. The number of rotatable bonds is 3. The number of ether oxygens (including phenoxy) is 1. The molecule has 0 saturated heterocycles. The fourth-order valence-electron chi connectivity index (χ4n) is 1.73. The molecule has 2 rings (SSSR count). The van der Waals surface area contributed by atoms with Gasteiger partial charge in [-0.1, -0.05) is 43.0 Å². The molecule has 0 atom stereocenters. The highest BCUT2D eigenvalue weighted by atomic mass is 16.5. The van der Waals surface area contributed by atoms with E-state index in [2.05, 4.69) is 11.9 Å². The second-order valence-corrected chi connectivity index (χ2v) is 4.30. The minimum absolute atomic E-state index is 0.627. The summed E-state index contributed by atoms with van der Waals surface area (Å²) in [5, 5.41) is 2.75. The molecule has 0 aliphatic carbocycles. The second-order valence-electron chi connectivity index (χ2n) is 4.30. The van der Waals surface area contributed by atoms with Gasteiger partial charge < -0.3 is 15.8 Å². The number of hydrogen-bond donors (Lipinski definition) is 2. The highest BCUT2D eigenvalue weighted by Gasteiger charge is 2.05. The number of hydrogen-bond acceptors (Lipinski definition) is 3. The third-order valence-electron chi connectivity index (χ3n) is 2.70. The summed E-state index contributed by atoms with van der Waals surface area (Å²) in [6.45, 7) is 4.10. The minimum atomic E-state index is 0.627. The van der Waals surface area contributed by atoms with Gasteiger partial charge in [0.2, 0.25) is 0 Å². The molecule has 0 aromatic heterocycles. The van der Waals surface area contributed by atoms with E-state index in [0.717, 1.165) is 16.7 Å². The van der Waals surface area contributed by atoms with Gasteiger partial charge in [0, 0.05) is 0 Å². The molecule has 0 amide bonds. The van der Waals surface area contributed by atoms with Crippen molar-refractivity contribution < 1.29 is 4.74 Å². The summed E-state index contributed by atoms with van der Waals surface area (Å²) in [4.78, 5) is 0. The standard InChI is InChI=1S/C15H15NO.C2H7N/c1-11(12-6-4-3-5-7-12)13-8-9-15(17-2)14(16)10-13;1-3-2/h3-10H,1,16H2,2H3;3H,1-2H3. The van der Waals surface area contributed by atoms with Crippen molar-refractivity contribution in [1.82, 2.24) is 5.32 Å². The van der Waals surface area contributed by atoms with Crippen molar-refractivity contribution in [3.05, 3.63) is 66.2 Å². The quantitative estimate of drug-likeness (QED) is 0.842. The van der Waals surface area contributed by atoms with E-state index in [4.69, 9.17) is 10.5 Å². The molecule has 0 bridgehead atoms. The van der Waals surface area contributed by atoms with Gasteiger partial charge >= 0.3 is 0 Å². The molecule has 0 radical (unpaired) electrons. The van der Waals surface area contributed by atoms with Gasteiger partial charge in [0.1, 0.15) is 5.75 Å². The van der Waals surface area contributed by atoms with Crippen LogP contribution in [-0.2, 0) is 0 Å². The van der Waals surface area contributed by atoms with Gasteiger partial charge in [0.15, 0.2) is 0 Å². The minimum Gasteiger partial charge on any atom is -0.495 e. The molecule has 0 spiro atoms. The van der Waals surface area contributed by atoms with Gasteiger partial charge in [0.25, 0.3) is 0 Å². The molecule has 2 aromatic carbocycles. The van der Waals surface area contributed by atoms with Crippen LogP contribution in [0.5, 0.6) is 5.75 Å². The number of nitrogen functional groups attached to an aromatic ring is 1. The summed E-state index contributed by atoms with van der Waals surface area (Å²) in [6.07, 6.45) is 0. The fraction of sp³-hybridized carbons (Fsp3) is 0.176. The van der Waals surface area contributed by atoms with Crippen molar-refractivity contribution in [2.75, 3.05) is 26.9 Å². The van der Waals surface area contributed by atoms with Gasteiger partial charge in [-0.15, -0.1) is 0 Å². The second kappa shape index (κ2) is 8.02. The molecule has 0 aliphatic heterocycles. The maximum absolute atomic E-state index is 5.88. The summed E-state index contributed by atoms with van der Waals surface area (Å²) in [5.41, 5.74) is 9.57. The summed E-state index contributed by atoms with van der Waals surface area (Å²) >= 11 is 0. The number of methoxy groups -OCH3 is 1. The van der Waals surface area contributed by atoms with Gasteiger partial charge in [-0.25, -0.2) is 0 Å². The lowest BCUT2D eigenvalue weighted by Gasteiger charge is -2.09. The van der Waals surface area contributed by atoms with Crippen LogP contribution in [0.15, 0.2) is 55.1 Å². The number of nitrogens with one attached hydrogen (secondary N) is 1. The van der Waals surface area contributed by atoms with Crippen LogP contribution in [0, 0.1) is 0 Å². The Bertz CT molecular complexity index is 550. The maximum atomic E-state index is 5.88. The topological polar surface area (TPSA) is 47.3 Å². The molecular weight excluding hydrogens is 248 g/mol. The SMILES string of the molecule is C=C(c1ccccc1)c1ccc(OC)c(N)c1.CNC. The first kappa shape index (κ1) is 15.8. The molecule has 0 fully saturated rings. The first-order valence-electron chi connectivity index (χ1n) is 6.40. The zero-order valence-electron chi connectivity index (χ0n) is 12.3. The van der Waals surface area contributed by atoms with Crippen molar-refractivity contribution in [2.24, 2.45) is 0 Å². The molecule has 0 heterocycles. The molecule has 0 aliphatic rings. The van der Waals surface area contributed by atoms with Crippen LogP contribution in [0.4, 0.5) is 5.69 Å². The Morgan fingerprint density at radius 1 is 1.05 bits per heavy atom. The highest BCUT2D eigenvalue weighted by Crippen LogP contribution is 2.28. The fourth-order valence-corrected chi connectivity index (χ4v) is 1.73. The Balaban J connectivity index is 0.000000612. The largest absolute Gasteiger partial charge is 0.495 e. The van der Waals surface area contributed by atoms with Gasteiger partial charge in [-0.3, -0.25) is 0 Å². The lowest BCUT2D eigenvalue weighted by Crippen LogP contribution is -1.94. The predicted octanol–water partition coefficient (Wildman–Crippen LogP) is 3.17. The van der Waals surface area contributed by atoms with Crippen LogP contribution in [-0.4, -0.2) is 21.2 Å². The van der Waals surface area contributed by atoms with Gasteiger partial charge in [-0.2, -0.15) is 0 Å². The van der Waals surface area contributed by atoms with Crippen LogP contribution in [0.3, 0.4) is 0 Å². The van der Waals surface area contributed by atoms with Crippen LogP contribution in [0.1, 0.15) is 11.1 Å². The van der Waals surface area contributed by atoms with E-state index in [-0.39, 0.29) is 0 Å². The van der Waals surface area contributed by atoms with E-state index in [1.54, 1.807) is 7.11 Å². The zero-order valence-corrected chi connectivity index (χ0v) is 12.3. The molecule has 2 aromatic rings. The average Bonchev–Trinajstić information content (AvgIpc) is 2.48. The monoisotopic (exact) mass is 270 g/mol. The summed E-state index contributed by atoms with van der Waals surface area (Å²) < 4.78 is 5.13. The van der Waals surface area contributed by atoms with Crippen molar-refractivity contribution in [2.45, 2.75) is 0 Å². The molecule has 3 N–H and O–H groups in total. The van der Waals surface area contributed by atoms with Crippen molar-refractivity contribution in [3.63, 3.8) is 0 Å². The first-order valence-corrected chi connectivity index (χ1v) is 6.40. The Morgan fingerprint density at radius 2 is 1.65 bits per heavy atom. The lowest BCUT2D eigenvalue weighted by molar-refractivity contribution is 0.417. The van der Waals surface area contributed by atoms with E-state index < -0.39 is 0 Å². The maximum Gasteiger partial charge on any atom is 0.141 e. The number of benzene rings is 2. The van der Waals surface area contributed by atoms with E-state index in [9.17, 15) is 0 Å². The Morgan fingerprint density at radius 3 is 2.15 bits per heavy atom. The van der Waals surface area contributed by atoms with Crippen molar-refractivity contribution >= 4 is 11.3 Å². The van der Waals surface area contributed by atoms with Gasteiger partial charge in [-0.05, 0) is 42.9 Å². The van der Waals surface area contributed by atoms with Gasteiger partial charge in [0.05, 0.1) is 12.8 Å². The Hall–Kier alpha value is -2.26. The zero-order chi connectivity index (χ0) is 15.0. The first-order chi connectivity index (χ1) is 9.63. The molecule has 3 heteroatoms. The Labute approximate surface area is 121 Å². The normalized spacial score (nSPS) is 9.35.